The summed E-state index contributed by atoms with van der Waals surface area (Å²) in [5.74, 6) is -0.183. The summed E-state index contributed by atoms with van der Waals surface area (Å²) in [6, 6.07) is 21.4. The Morgan fingerprint density at radius 2 is 1.66 bits per heavy atom. The van der Waals surface area contributed by atoms with E-state index in [1.165, 1.54) is 0 Å². The molecule has 1 aliphatic rings. The van der Waals surface area contributed by atoms with Crippen LogP contribution in [0.5, 0.6) is 0 Å². The van der Waals surface area contributed by atoms with Crippen molar-refractivity contribution in [1.29, 1.82) is 0 Å². The maximum Gasteiger partial charge on any atom is 0.238 e. The number of anilines is 1. The van der Waals surface area contributed by atoms with Crippen molar-refractivity contribution < 1.29 is 9.59 Å². The van der Waals surface area contributed by atoms with Crippen LogP contribution in [-0.4, -0.2) is 23.8 Å². The van der Waals surface area contributed by atoms with E-state index in [4.69, 9.17) is 0 Å². The SMILES string of the molecule is CN1C(=O)[C@@](CC(=O)NCc2ccncc2)(Cc2ccccc2)c2ccccc21. The summed E-state index contributed by atoms with van der Waals surface area (Å²) in [4.78, 5) is 32.0. The second-order valence-electron chi connectivity index (χ2n) is 7.43. The molecular formula is C24H23N3O2. The Bertz CT molecular complexity index is 1020. The lowest BCUT2D eigenvalue weighted by Gasteiger charge is -2.28. The molecule has 1 N–H and O–H groups in total. The average Bonchev–Trinajstić information content (AvgIpc) is 2.96. The number of rotatable bonds is 6. The third-order valence-corrected chi connectivity index (χ3v) is 5.55. The molecule has 2 aromatic carbocycles. The molecule has 1 aromatic heterocycles. The van der Waals surface area contributed by atoms with Gasteiger partial charge in [-0.05, 0) is 41.3 Å². The molecular weight excluding hydrogens is 362 g/mol. The number of fused-ring (bicyclic) bond motifs is 1. The van der Waals surface area contributed by atoms with Crippen molar-refractivity contribution in [2.24, 2.45) is 0 Å². The Kier molecular flexibility index (Phi) is 5.12. The van der Waals surface area contributed by atoms with Gasteiger partial charge in [-0.25, -0.2) is 0 Å². The first-order valence-corrected chi connectivity index (χ1v) is 9.67. The van der Waals surface area contributed by atoms with Gasteiger partial charge >= 0.3 is 0 Å². The lowest BCUT2D eigenvalue weighted by atomic mass is 9.73. The monoisotopic (exact) mass is 385 g/mol. The smallest absolute Gasteiger partial charge is 0.238 e. The molecule has 3 aromatic rings. The predicted octanol–water partition coefficient (Wildman–Crippen LogP) is 3.25. The van der Waals surface area contributed by atoms with Crippen LogP contribution in [0.15, 0.2) is 79.1 Å². The summed E-state index contributed by atoms with van der Waals surface area (Å²) in [6.45, 7) is 0.411. The van der Waals surface area contributed by atoms with Gasteiger partial charge in [-0.3, -0.25) is 14.6 Å². The highest BCUT2D eigenvalue weighted by Gasteiger charge is 2.50. The number of para-hydroxylation sites is 1. The number of amides is 2. The van der Waals surface area contributed by atoms with Crippen molar-refractivity contribution in [3.05, 3.63) is 95.8 Å². The summed E-state index contributed by atoms with van der Waals surface area (Å²) in [5.41, 5.74) is 2.88. The molecule has 0 spiro atoms. The first kappa shape index (κ1) is 18.9. The van der Waals surface area contributed by atoms with Gasteiger partial charge < -0.3 is 10.2 Å². The summed E-state index contributed by atoms with van der Waals surface area (Å²) in [6.07, 6.45) is 3.98. The van der Waals surface area contributed by atoms with Gasteiger partial charge in [-0.1, -0.05) is 48.5 Å². The zero-order valence-corrected chi connectivity index (χ0v) is 16.3. The van der Waals surface area contributed by atoms with Gasteiger partial charge in [0.1, 0.15) is 0 Å². The fraction of sp³-hybridized carbons (Fsp3) is 0.208. The van der Waals surface area contributed by atoms with Crippen molar-refractivity contribution in [3.8, 4) is 0 Å². The van der Waals surface area contributed by atoms with Crippen LogP contribution >= 0.6 is 0 Å². The number of benzene rings is 2. The number of hydrogen-bond acceptors (Lipinski definition) is 3. The lowest BCUT2D eigenvalue weighted by molar-refractivity contribution is -0.129. The third kappa shape index (κ3) is 3.63. The molecule has 4 rings (SSSR count). The van der Waals surface area contributed by atoms with Gasteiger partial charge in [-0.2, -0.15) is 0 Å². The first-order valence-electron chi connectivity index (χ1n) is 9.67. The van der Waals surface area contributed by atoms with Crippen molar-refractivity contribution >= 4 is 17.5 Å². The maximum absolute atomic E-state index is 13.4. The highest BCUT2D eigenvalue weighted by Crippen LogP contribution is 2.45. The van der Waals surface area contributed by atoms with Gasteiger partial charge in [0, 0.05) is 38.1 Å². The van der Waals surface area contributed by atoms with Crippen molar-refractivity contribution in [2.45, 2.75) is 24.8 Å². The molecule has 0 saturated heterocycles. The van der Waals surface area contributed by atoms with Crippen LogP contribution in [0.25, 0.3) is 0 Å². The molecule has 0 saturated carbocycles. The van der Waals surface area contributed by atoms with Crippen LogP contribution in [0.1, 0.15) is 23.1 Å². The minimum atomic E-state index is -0.908. The molecule has 146 valence electrons. The molecule has 29 heavy (non-hydrogen) atoms. The number of pyridine rings is 1. The molecule has 1 atom stereocenters. The van der Waals surface area contributed by atoms with Crippen molar-refractivity contribution in [2.75, 3.05) is 11.9 Å². The Labute approximate surface area is 170 Å². The fourth-order valence-corrected chi connectivity index (χ4v) is 4.10. The van der Waals surface area contributed by atoms with Gasteiger partial charge in [-0.15, -0.1) is 0 Å². The quantitative estimate of drug-likeness (QED) is 0.709. The number of nitrogens with zero attached hydrogens (tertiary/aromatic N) is 2. The lowest BCUT2D eigenvalue weighted by Crippen LogP contribution is -2.44. The van der Waals surface area contributed by atoms with E-state index in [-0.39, 0.29) is 18.2 Å². The second-order valence-corrected chi connectivity index (χ2v) is 7.43. The number of carbonyl (C=O) groups is 2. The maximum atomic E-state index is 13.4. The van der Waals surface area contributed by atoms with E-state index in [0.29, 0.717) is 13.0 Å². The number of nitrogens with one attached hydrogen (secondary N) is 1. The van der Waals surface area contributed by atoms with E-state index < -0.39 is 5.41 Å². The standard InChI is InChI=1S/C24H23N3O2/c1-27-21-10-6-5-9-20(21)24(23(27)29,15-18-7-3-2-4-8-18)16-22(28)26-17-19-11-13-25-14-12-19/h2-14H,15-17H2,1H3,(H,26,28)/t24-/m1/s1. The topological polar surface area (TPSA) is 62.3 Å². The van der Waals surface area contributed by atoms with Crippen LogP contribution in [0, 0.1) is 0 Å². The average molecular weight is 385 g/mol. The Balaban J connectivity index is 1.64. The highest BCUT2D eigenvalue weighted by molar-refractivity contribution is 6.09. The Morgan fingerprint density at radius 1 is 0.966 bits per heavy atom. The van der Waals surface area contributed by atoms with Gasteiger partial charge in [0.05, 0.1) is 5.41 Å². The molecule has 5 nitrogen and oxygen atoms in total. The Hall–Kier alpha value is -3.47. The van der Waals surface area contributed by atoms with E-state index in [9.17, 15) is 9.59 Å². The highest BCUT2D eigenvalue weighted by atomic mass is 16.2. The zero-order chi connectivity index (χ0) is 20.3. The second kappa shape index (κ2) is 7.87. The summed E-state index contributed by atoms with van der Waals surface area (Å²) in [7, 11) is 1.78. The van der Waals surface area contributed by atoms with Gasteiger partial charge in [0.15, 0.2) is 0 Å². The molecule has 0 unspecified atom stereocenters. The van der Waals surface area contributed by atoms with Crippen LogP contribution in [0.2, 0.25) is 0 Å². The summed E-state index contributed by atoms with van der Waals surface area (Å²) in [5, 5.41) is 2.97. The van der Waals surface area contributed by atoms with E-state index in [1.807, 2.05) is 66.7 Å². The summed E-state index contributed by atoms with van der Waals surface area (Å²) >= 11 is 0. The first-order chi connectivity index (χ1) is 14.1. The van der Waals surface area contributed by atoms with E-state index >= 15 is 0 Å². The molecule has 2 amide bonds. The number of carbonyl (C=O) groups excluding carboxylic acids is 2. The van der Waals surface area contributed by atoms with Crippen LogP contribution in [0.4, 0.5) is 5.69 Å². The molecule has 0 fully saturated rings. The Morgan fingerprint density at radius 3 is 2.41 bits per heavy atom. The van der Waals surface area contributed by atoms with E-state index in [1.54, 1.807) is 24.3 Å². The van der Waals surface area contributed by atoms with Crippen molar-refractivity contribution in [1.82, 2.24) is 10.3 Å². The molecule has 5 heteroatoms. The van der Waals surface area contributed by atoms with E-state index in [2.05, 4.69) is 10.3 Å². The van der Waals surface area contributed by atoms with Gasteiger partial charge in [0.25, 0.3) is 0 Å². The zero-order valence-electron chi connectivity index (χ0n) is 16.3. The van der Waals surface area contributed by atoms with Crippen LogP contribution < -0.4 is 10.2 Å². The minimum Gasteiger partial charge on any atom is -0.352 e. The number of hydrogen-bond donors (Lipinski definition) is 1. The number of likely N-dealkylation sites (N-methyl/N-ethyl adjacent to an activating group) is 1. The largest absolute Gasteiger partial charge is 0.352 e. The molecule has 0 aliphatic carbocycles. The van der Waals surface area contributed by atoms with E-state index in [0.717, 1.165) is 22.4 Å². The molecule has 0 bridgehead atoms. The molecule has 2 heterocycles. The minimum absolute atomic E-state index is 0.0402. The van der Waals surface area contributed by atoms with Gasteiger partial charge in [0.2, 0.25) is 11.8 Å². The van der Waals surface area contributed by atoms with Crippen LogP contribution in [0.3, 0.4) is 0 Å². The van der Waals surface area contributed by atoms with Crippen molar-refractivity contribution in [3.63, 3.8) is 0 Å². The molecule has 1 aliphatic heterocycles. The summed E-state index contributed by atoms with van der Waals surface area (Å²) < 4.78 is 0. The van der Waals surface area contributed by atoms with Crippen LogP contribution in [-0.2, 0) is 28.0 Å². The normalized spacial score (nSPS) is 17.8. The number of aromatic nitrogens is 1. The molecule has 0 radical (unpaired) electrons. The third-order valence-electron chi connectivity index (χ3n) is 5.55. The fourth-order valence-electron chi connectivity index (χ4n) is 4.10. The predicted molar refractivity (Wildman–Crippen MR) is 112 cm³/mol.